The molecule has 0 spiro atoms. The van der Waals surface area contributed by atoms with Crippen molar-refractivity contribution in [1.29, 1.82) is 0 Å². The number of nitrogens with zero attached hydrogens (tertiary/aromatic N) is 4. The van der Waals surface area contributed by atoms with Crippen LogP contribution in [0.3, 0.4) is 0 Å². The van der Waals surface area contributed by atoms with Crippen molar-refractivity contribution in [3.05, 3.63) is 52.4 Å². The van der Waals surface area contributed by atoms with E-state index in [9.17, 15) is 9.59 Å². The third-order valence-electron chi connectivity index (χ3n) is 6.68. The van der Waals surface area contributed by atoms with E-state index >= 15 is 0 Å². The summed E-state index contributed by atoms with van der Waals surface area (Å²) >= 11 is 6.34. The predicted octanol–water partition coefficient (Wildman–Crippen LogP) is 3.65. The highest BCUT2D eigenvalue weighted by atomic mass is 35.5. The molecular formula is C23H23ClN4O3. The Hall–Kier alpha value is -2.77. The van der Waals surface area contributed by atoms with Crippen molar-refractivity contribution in [3.63, 3.8) is 0 Å². The average Bonchev–Trinajstić information content (AvgIpc) is 2.97. The van der Waals surface area contributed by atoms with Crippen LogP contribution in [0.15, 0.2) is 30.7 Å². The van der Waals surface area contributed by atoms with Gasteiger partial charge in [-0.2, -0.15) is 5.10 Å². The Bertz CT molecular complexity index is 1230. The van der Waals surface area contributed by atoms with Crippen molar-refractivity contribution in [2.45, 2.75) is 33.9 Å². The zero-order valence-electron chi connectivity index (χ0n) is 17.8. The first-order chi connectivity index (χ1) is 14.7. The molecule has 3 heterocycles. The number of imide groups is 1. The summed E-state index contributed by atoms with van der Waals surface area (Å²) in [5.41, 5.74) is 5.01. The molecule has 1 saturated carbocycles. The molecule has 0 radical (unpaired) electrons. The molecule has 1 aromatic carbocycles. The fraction of sp³-hybridized carbons (Fsp3) is 0.391. The maximum Gasteiger partial charge on any atom is 0.233 e. The van der Waals surface area contributed by atoms with Gasteiger partial charge in [0.15, 0.2) is 0 Å². The molecule has 2 amide bonds. The summed E-state index contributed by atoms with van der Waals surface area (Å²) in [6, 6.07) is 5.71. The molecule has 1 saturated heterocycles. The SMILES string of the molecule is COCc1c(C)cc(Cl)cc1-c1ncnn2cc(CN3C(=O)C4C(C3=O)C4(C)C)cc12. The Morgan fingerprint density at radius 1 is 1.16 bits per heavy atom. The first kappa shape index (κ1) is 20.2. The zero-order valence-corrected chi connectivity index (χ0v) is 18.6. The van der Waals surface area contributed by atoms with Crippen LogP contribution >= 0.6 is 11.6 Å². The summed E-state index contributed by atoms with van der Waals surface area (Å²) in [6.45, 7) is 6.62. The summed E-state index contributed by atoms with van der Waals surface area (Å²) in [4.78, 5) is 31.3. The van der Waals surface area contributed by atoms with E-state index in [0.29, 0.717) is 11.6 Å². The number of rotatable bonds is 5. The Labute approximate surface area is 185 Å². The van der Waals surface area contributed by atoms with Crippen LogP contribution in [0.1, 0.15) is 30.5 Å². The molecule has 1 aliphatic carbocycles. The molecule has 2 aliphatic rings. The second kappa shape index (κ2) is 6.87. The van der Waals surface area contributed by atoms with Crippen molar-refractivity contribution in [2.75, 3.05) is 7.11 Å². The van der Waals surface area contributed by atoms with Crippen LogP contribution in [0, 0.1) is 24.2 Å². The number of benzene rings is 1. The van der Waals surface area contributed by atoms with E-state index in [4.69, 9.17) is 16.3 Å². The first-order valence-corrected chi connectivity index (χ1v) is 10.6. The van der Waals surface area contributed by atoms with Gasteiger partial charge in [0, 0.05) is 23.9 Å². The van der Waals surface area contributed by atoms with Crippen molar-refractivity contribution in [1.82, 2.24) is 19.5 Å². The molecule has 0 bridgehead atoms. The molecule has 1 aliphatic heterocycles. The van der Waals surface area contributed by atoms with Gasteiger partial charge in [0.05, 0.1) is 36.2 Å². The van der Waals surface area contributed by atoms with Gasteiger partial charge in [-0.15, -0.1) is 0 Å². The number of aromatic nitrogens is 3. The van der Waals surface area contributed by atoms with Crippen LogP contribution in [-0.4, -0.2) is 38.4 Å². The summed E-state index contributed by atoms with van der Waals surface area (Å²) in [5.74, 6) is -0.513. The summed E-state index contributed by atoms with van der Waals surface area (Å²) in [7, 11) is 1.65. The smallest absolute Gasteiger partial charge is 0.233 e. The van der Waals surface area contributed by atoms with E-state index < -0.39 is 0 Å². The molecule has 2 fully saturated rings. The fourth-order valence-electron chi connectivity index (χ4n) is 4.94. The molecule has 2 unspecified atom stereocenters. The van der Waals surface area contributed by atoms with Crippen molar-refractivity contribution < 1.29 is 14.3 Å². The van der Waals surface area contributed by atoms with Crippen LogP contribution in [0.5, 0.6) is 0 Å². The number of carbonyl (C=O) groups is 2. The largest absolute Gasteiger partial charge is 0.380 e. The molecular weight excluding hydrogens is 416 g/mol. The second-order valence-corrected chi connectivity index (χ2v) is 9.44. The third-order valence-corrected chi connectivity index (χ3v) is 6.89. The Morgan fingerprint density at radius 3 is 2.55 bits per heavy atom. The van der Waals surface area contributed by atoms with Crippen molar-refractivity contribution in [2.24, 2.45) is 17.3 Å². The summed E-state index contributed by atoms with van der Waals surface area (Å²) in [5, 5.41) is 4.94. The number of hydrogen-bond acceptors (Lipinski definition) is 5. The maximum absolute atomic E-state index is 12.7. The van der Waals surface area contributed by atoms with Crippen molar-refractivity contribution >= 4 is 28.9 Å². The lowest BCUT2D eigenvalue weighted by atomic mass is 9.99. The number of ether oxygens (including phenoxy) is 1. The average molecular weight is 439 g/mol. The van der Waals surface area contributed by atoms with E-state index in [1.807, 2.05) is 45.2 Å². The molecule has 5 rings (SSSR count). The van der Waals surface area contributed by atoms with Gasteiger partial charge >= 0.3 is 0 Å². The maximum atomic E-state index is 12.7. The van der Waals surface area contributed by atoms with Crippen molar-refractivity contribution in [3.8, 4) is 11.3 Å². The first-order valence-electron chi connectivity index (χ1n) is 10.2. The number of hydrogen-bond donors (Lipinski definition) is 0. The molecule has 31 heavy (non-hydrogen) atoms. The highest BCUT2D eigenvalue weighted by molar-refractivity contribution is 6.31. The van der Waals surface area contributed by atoms with Crippen LogP contribution in [-0.2, 0) is 27.5 Å². The number of aryl methyl sites for hydroxylation is 1. The Balaban J connectivity index is 1.53. The quantitative estimate of drug-likeness (QED) is 0.568. The highest BCUT2D eigenvalue weighted by Crippen LogP contribution is 2.63. The van der Waals surface area contributed by atoms with E-state index in [1.54, 1.807) is 11.6 Å². The van der Waals surface area contributed by atoms with Crippen LogP contribution in [0.25, 0.3) is 16.8 Å². The van der Waals surface area contributed by atoms with Gasteiger partial charge in [-0.25, -0.2) is 9.50 Å². The van der Waals surface area contributed by atoms with E-state index in [1.165, 1.54) is 11.2 Å². The molecule has 160 valence electrons. The minimum Gasteiger partial charge on any atom is -0.380 e. The molecule has 3 aromatic rings. The lowest BCUT2D eigenvalue weighted by Gasteiger charge is -2.19. The van der Waals surface area contributed by atoms with Gasteiger partial charge in [-0.1, -0.05) is 25.4 Å². The lowest BCUT2D eigenvalue weighted by Crippen LogP contribution is -2.35. The van der Waals surface area contributed by atoms with Crippen LogP contribution in [0.2, 0.25) is 5.02 Å². The van der Waals surface area contributed by atoms with Gasteiger partial charge in [-0.05, 0) is 47.2 Å². The topological polar surface area (TPSA) is 76.8 Å². The molecule has 7 nitrogen and oxygen atoms in total. The zero-order chi connectivity index (χ0) is 22.1. The molecule has 8 heteroatoms. The minimum atomic E-state index is -0.211. The van der Waals surface area contributed by atoms with Gasteiger partial charge in [0.1, 0.15) is 6.33 Å². The number of fused-ring (bicyclic) bond motifs is 2. The molecule has 2 aromatic heterocycles. The van der Waals surface area contributed by atoms with E-state index in [0.717, 1.165) is 33.5 Å². The van der Waals surface area contributed by atoms with Gasteiger partial charge in [0.25, 0.3) is 0 Å². The van der Waals surface area contributed by atoms with E-state index in [2.05, 4.69) is 10.1 Å². The standard InChI is InChI=1S/C23H23ClN4O3/c1-12-5-14(24)7-15(16(12)10-31-4)20-17-6-13(9-28(17)26-11-25-20)8-27-21(29)18-19(22(27)30)23(18,2)3/h5-7,9,11,18-19H,8,10H2,1-4H3. The van der Waals surface area contributed by atoms with Crippen LogP contribution in [0.4, 0.5) is 0 Å². The summed E-state index contributed by atoms with van der Waals surface area (Å²) < 4.78 is 7.12. The third kappa shape index (κ3) is 2.98. The predicted molar refractivity (Wildman–Crippen MR) is 115 cm³/mol. The molecule has 0 N–H and O–H groups in total. The van der Waals surface area contributed by atoms with Gasteiger partial charge in [0.2, 0.25) is 11.8 Å². The number of carbonyl (C=O) groups excluding carboxylic acids is 2. The number of likely N-dealkylation sites (tertiary alicyclic amines) is 1. The Morgan fingerprint density at radius 2 is 1.87 bits per heavy atom. The van der Waals surface area contributed by atoms with Gasteiger partial charge < -0.3 is 4.74 Å². The monoisotopic (exact) mass is 438 g/mol. The number of halogens is 1. The number of amides is 2. The molecule has 2 atom stereocenters. The van der Waals surface area contributed by atoms with Crippen LogP contribution < -0.4 is 0 Å². The number of piperidine rings is 1. The summed E-state index contributed by atoms with van der Waals surface area (Å²) in [6.07, 6.45) is 3.33. The fourth-order valence-corrected chi connectivity index (χ4v) is 5.21. The van der Waals surface area contributed by atoms with Gasteiger partial charge in [-0.3, -0.25) is 14.5 Å². The second-order valence-electron chi connectivity index (χ2n) is 9.01. The van der Waals surface area contributed by atoms with E-state index in [-0.39, 0.29) is 35.6 Å². The minimum absolute atomic E-state index is 0.0746. The normalized spacial score (nSPS) is 21.8. The Kier molecular flexibility index (Phi) is 4.46. The highest BCUT2D eigenvalue weighted by Gasteiger charge is 2.72. The lowest BCUT2D eigenvalue weighted by molar-refractivity contribution is -0.143. The number of methoxy groups -OCH3 is 1.